The summed E-state index contributed by atoms with van der Waals surface area (Å²) in [4.78, 5) is 16.2. The second-order valence-corrected chi connectivity index (χ2v) is 6.73. The van der Waals surface area contributed by atoms with Crippen LogP contribution in [0.4, 0.5) is 0 Å². The molecular formula is C17H20N4O2S. The fourth-order valence-corrected chi connectivity index (χ4v) is 3.45. The Morgan fingerprint density at radius 1 is 1.33 bits per heavy atom. The number of furan rings is 1. The molecule has 24 heavy (non-hydrogen) atoms. The number of thioether (sulfide) groups is 1. The second kappa shape index (κ2) is 7.61. The van der Waals surface area contributed by atoms with Gasteiger partial charge in [-0.25, -0.2) is 0 Å². The van der Waals surface area contributed by atoms with Gasteiger partial charge < -0.3 is 4.42 Å². The van der Waals surface area contributed by atoms with Crippen molar-refractivity contribution in [2.45, 2.75) is 45.4 Å². The number of amidine groups is 2. The van der Waals surface area contributed by atoms with Crippen LogP contribution in [0.2, 0.25) is 0 Å². The van der Waals surface area contributed by atoms with Gasteiger partial charge in [-0.2, -0.15) is 15.1 Å². The number of carbonyl (C=O) groups is 1. The highest BCUT2D eigenvalue weighted by Crippen LogP contribution is 2.30. The van der Waals surface area contributed by atoms with E-state index in [1.165, 1.54) is 54.8 Å². The average molecular weight is 344 g/mol. The summed E-state index contributed by atoms with van der Waals surface area (Å²) in [5, 5.41) is 15.6. The van der Waals surface area contributed by atoms with E-state index < -0.39 is 5.91 Å². The third-order valence-corrected chi connectivity index (χ3v) is 4.79. The van der Waals surface area contributed by atoms with Gasteiger partial charge in [-0.1, -0.05) is 32.6 Å². The van der Waals surface area contributed by atoms with Gasteiger partial charge in [0.05, 0.1) is 11.8 Å². The van der Waals surface area contributed by atoms with Crippen LogP contribution in [-0.4, -0.2) is 27.0 Å². The molecule has 0 saturated heterocycles. The molecule has 0 atom stereocenters. The van der Waals surface area contributed by atoms with Crippen molar-refractivity contribution in [1.29, 1.82) is 5.41 Å². The van der Waals surface area contributed by atoms with E-state index in [1.54, 1.807) is 12.1 Å². The fourth-order valence-electron chi connectivity index (χ4n) is 2.53. The zero-order valence-electron chi connectivity index (χ0n) is 13.6. The van der Waals surface area contributed by atoms with Crippen LogP contribution in [-0.2, 0) is 4.79 Å². The molecule has 126 valence electrons. The minimum atomic E-state index is -0.422. The van der Waals surface area contributed by atoms with Gasteiger partial charge in [0.15, 0.2) is 5.84 Å². The van der Waals surface area contributed by atoms with Crippen LogP contribution >= 0.6 is 11.8 Å². The number of nitrogens with zero attached hydrogens (tertiary/aromatic N) is 3. The summed E-state index contributed by atoms with van der Waals surface area (Å²) in [5.74, 6) is 0.151. The summed E-state index contributed by atoms with van der Waals surface area (Å²) in [7, 11) is 0. The summed E-state index contributed by atoms with van der Waals surface area (Å²) in [5.41, 5.74) is 0.197. The van der Waals surface area contributed by atoms with Gasteiger partial charge >= 0.3 is 0 Å². The molecule has 0 fully saturated rings. The molecule has 3 rings (SSSR count). The first-order valence-corrected chi connectivity index (χ1v) is 9.03. The molecule has 0 bridgehead atoms. The average Bonchev–Trinajstić information content (AvgIpc) is 3.21. The zero-order chi connectivity index (χ0) is 16.9. The molecule has 0 saturated carbocycles. The van der Waals surface area contributed by atoms with E-state index in [2.05, 4.69) is 17.0 Å². The number of rotatable bonds is 7. The van der Waals surface area contributed by atoms with E-state index in [4.69, 9.17) is 9.83 Å². The summed E-state index contributed by atoms with van der Waals surface area (Å²) in [6, 6.07) is 3.47. The number of hydrazone groups is 1. The molecule has 7 heteroatoms. The van der Waals surface area contributed by atoms with Gasteiger partial charge in [0.1, 0.15) is 10.8 Å². The fraction of sp³-hybridized carbons (Fsp3) is 0.412. The van der Waals surface area contributed by atoms with Crippen LogP contribution in [0.3, 0.4) is 0 Å². The quantitative estimate of drug-likeness (QED) is 0.592. The molecule has 2 aliphatic heterocycles. The molecule has 6 nitrogen and oxygen atoms in total. The summed E-state index contributed by atoms with van der Waals surface area (Å²) >= 11 is 1.39. The van der Waals surface area contributed by atoms with E-state index in [9.17, 15) is 4.79 Å². The van der Waals surface area contributed by atoms with Gasteiger partial charge in [0.2, 0.25) is 5.17 Å². The van der Waals surface area contributed by atoms with Crippen molar-refractivity contribution in [1.82, 2.24) is 5.01 Å². The molecule has 1 amide bonds. The number of nitrogens with one attached hydrogen (secondary N) is 1. The Hall–Kier alpha value is -2.15. The normalized spacial score (nSPS) is 18.9. The lowest BCUT2D eigenvalue weighted by molar-refractivity contribution is -0.114. The van der Waals surface area contributed by atoms with E-state index in [-0.39, 0.29) is 11.4 Å². The predicted molar refractivity (Wildman–Crippen MR) is 97.1 cm³/mol. The standard InChI is InChI=1S/C17H20N4O2S/c1-2-3-4-5-6-9-14-20-21-15(18)13(11-12-8-7-10-23-12)16(22)19-17(21)24-14/h7-8,10-11,18H,2-6,9H2,1H3/b13-11-,18-15?. The Kier molecular flexibility index (Phi) is 5.30. The van der Waals surface area contributed by atoms with Crippen LogP contribution < -0.4 is 0 Å². The number of unbranched alkanes of at least 4 members (excludes halogenated alkanes) is 4. The van der Waals surface area contributed by atoms with Crippen molar-refractivity contribution in [3.8, 4) is 0 Å². The highest BCUT2D eigenvalue weighted by Gasteiger charge is 2.35. The Morgan fingerprint density at radius 2 is 2.17 bits per heavy atom. The van der Waals surface area contributed by atoms with Crippen LogP contribution in [0, 0.1) is 5.41 Å². The second-order valence-electron chi connectivity index (χ2n) is 5.69. The Morgan fingerprint density at radius 3 is 2.92 bits per heavy atom. The number of fused-ring (bicyclic) bond motifs is 1. The monoisotopic (exact) mass is 344 g/mol. The molecule has 0 aliphatic carbocycles. The molecule has 0 radical (unpaired) electrons. The van der Waals surface area contributed by atoms with Crippen molar-refractivity contribution in [2.75, 3.05) is 0 Å². The van der Waals surface area contributed by atoms with Crippen LogP contribution in [0.1, 0.15) is 51.2 Å². The Labute approximate surface area is 145 Å². The lowest BCUT2D eigenvalue weighted by Gasteiger charge is -2.19. The first-order valence-electron chi connectivity index (χ1n) is 8.21. The lowest BCUT2D eigenvalue weighted by Crippen LogP contribution is -2.35. The summed E-state index contributed by atoms with van der Waals surface area (Å²) in [6.45, 7) is 2.20. The van der Waals surface area contributed by atoms with Crippen molar-refractivity contribution >= 4 is 39.8 Å². The first-order chi connectivity index (χ1) is 11.7. The van der Waals surface area contributed by atoms with Gasteiger partial charge in [-0.05, 0) is 42.8 Å². The SMILES string of the molecule is CCCCCCCC1=NN2C(=N)/C(=C/c3ccco3)C(=O)N=C2S1. The molecule has 2 aliphatic rings. The number of hydrogen-bond acceptors (Lipinski definition) is 5. The molecular weight excluding hydrogens is 324 g/mol. The largest absolute Gasteiger partial charge is 0.465 e. The summed E-state index contributed by atoms with van der Waals surface area (Å²) < 4.78 is 5.22. The summed E-state index contributed by atoms with van der Waals surface area (Å²) in [6.07, 6.45) is 9.91. The molecule has 3 heterocycles. The van der Waals surface area contributed by atoms with E-state index >= 15 is 0 Å². The highest BCUT2D eigenvalue weighted by atomic mass is 32.2. The molecule has 1 N–H and O–H groups in total. The van der Waals surface area contributed by atoms with E-state index in [0.717, 1.165) is 17.9 Å². The van der Waals surface area contributed by atoms with Gasteiger partial charge in [-0.3, -0.25) is 10.2 Å². The number of carbonyl (C=O) groups excluding carboxylic acids is 1. The van der Waals surface area contributed by atoms with Gasteiger partial charge in [0.25, 0.3) is 5.91 Å². The number of amides is 1. The van der Waals surface area contributed by atoms with E-state index in [0.29, 0.717) is 10.9 Å². The molecule has 1 aromatic heterocycles. The smallest absolute Gasteiger partial charge is 0.283 e. The number of hydrogen-bond donors (Lipinski definition) is 1. The minimum absolute atomic E-state index is 0.0508. The third-order valence-electron chi connectivity index (χ3n) is 3.82. The predicted octanol–water partition coefficient (Wildman–Crippen LogP) is 4.26. The highest BCUT2D eigenvalue weighted by molar-refractivity contribution is 8.26. The van der Waals surface area contributed by atoms with Crippen molar-refractivity contribution in [3.63, 3.8) is 0 Å². The minimum Gasteiger partial charge on any atom is -0.465 e. The van der Waals surface area contributed by atoms with Crippen LogP contribution in [0.5, 0.6) is 0 Å². The maximum absolute atomic E-state index is 12.2. The topological polar surface area (TPSA) is 82.0 Å². The van der Waals surface area contributed by atoms with Crippen molar-refractivity contribution in [3.05, 3.63) is 29.7 Å². The molecule has 0 aromatic carbocycles. The van der Waals surface area contributed by atoms with Crippen molar-refractivity contribution < 1.29 is 9.21 Å². The van der Waals surface area contributed by atoms with Gasteiger partial charge in [-0.15, -0.1) is 0 Å². The van der Waals surface area contributed by atoms with Crippen LogP contribution in [0.15, 0.2) is 38.5 Å². The van der Waals surface area contributed by atoms with Crippen molar-refractivity contribution in [2.24, 2.45) is 10.1 Å². The third kappa shape index (κ3) is 3.67. The maximum Gasteiger partial charge on any atom is 0.283 e. The maximum atomic E-state index is 12.2. The van der Waals surface area contributed by atoms with E-state index in [1.807, 2.05) is 0 Å². The molecule has 0 spiro atoms. The number of aliphatic imine (C=N–C) groups is 1. The first kappa shape index (κ1) is 16.7. The zero-order valence-corrected chi connectivity index (χ0v) is 14.4. The Balaban J connectivity index is 1.67. The van der Waals surface area contributed by atoms with Crippen LogP contribution in [0.25, 0.3) is 6.08 Å². The Bertz CT molecular complexity index is 719. The van der Waals surface area contributed by atoms with Gasteiger partial charge in [0, 0.05) is 0 Å². The lowest BCUT2D eigenvalue weighted by atomic mass is 10.1. The molecule has 0 unspecified atom stereocenters. The molecule has 1 aromatic rings.